The minimum Gasteiger partial charge on any atom is -0.352 e. The maximum Gasteiger partial charge on any atom is 0.243 e. The molecule has 1 N–H and O–H groups in total. The predicted octanol–water partition coefficient (Wildman–Crippen LogP) is 2.31. The van der Waals surface area contributed by atoms with Crippen LogP contribution in [0.3, 0.4) is 0 Å². The molecule has 0 saturated carbocycles. The molecule has 7 heteroatoms. The maximum absolute atomic E-state index is 12.0. The summed E-state index contributed by atoms with van der Waals surface area (Å²) in [5, 5.41) is 7.44. The van der Waals surface area contributed by atoms with Crippen molar-refractivity contribution in [3.8, 4) is 0 Å². The van der Waals surface area contributed by atoms with Crippen LogP contribution in [0.15, 0.2) is 22.8 Å². The zero-order chi connectivity index (χ0) is 14.7. The SMILES string of the molecule is O=C(CCNc1nc2c(Br)cccn2n1)N1CCCCC1. The molecule has 0 aromatic carbocycles. The van der Waals surface area contributed by atoms with Crippen LogP contribution in [-0.2, 0) is 4.79 Å². The van der Waals surface area contributed by atoms with Crippen LogP contribution in [0.5, 0.6) is 0 Å². The number of halogens is 1. The third-order valence-electron chi connectivity index (χ3n) is 3.65. The molecule has 0 bridgehead atoms. The fourth-order valence-corrected chi connectivity index (χ4v) is 2.95. The average molecular weight is 352 g/mol. The Balaban J connectivity index is 1.54. The van der Waals surface area contributed by atoms with Crippen molar-refractivity contribution in [2.24, 2.45) is 0 Å². The number of likely N-dealkylation sites (tertiary alicyclic amines) is 1. The van der Waals surface area contributed by atoms with Crippen LogP contribution in [0.2, 0.25) is 0 Å². The van der Waals surface area contributed by atoms with Gasteiger partial charge in [0.25, 0.3) is 0 Å². The number of anilines is 1. The zero-order valence-electron chi connectivity index (χ0n) is 11.8. The molecule has 2 aromatic heterocycles. The minimum atomic E-state index is 0.215. The van der Waals surface area contributed by atoms with Crippen LogP contribution in [-0.4, -0.2) is 45.0 Å². The topological polar surface area (TPSA) is 62.5 Å². The van der Waals surface area contributed by atoms with Crippen LogP contribution < -0.4 is 5.32 Å². The van der Waals surface area contributed by atoms with Crippen molar-refractivity contribution < 1.29 is 4.79 Å². The molecule has 0 radical (unpaired) electrons. The fourth-order valence-electron chi connectivity index (χ4n) is 2.53. The van der Waals surface area contributed by atoms with E-state index in [1.165, 1.54) is 6.42 Å². The van der Waals surface area contributed by atoms with Gasteiger partial charge in [0.05, 0.1) is 4.47 Å². The Morgan fingerprint density at radius 2 is 2.14 bits per heavy atom. The number of fused-ring (bicyclic) bond motifs is 1. The first-order chi connectivity index (χ1) is 10.2. The van der Waals surface area contributed by atoms with Crippen molar-refractivity contribution >= 4 is 33.4 Å². The zero-order valence-corrected chi connectivity index (χ0v) is 13.3. The van der Waals surface area contributed by atoms with Crippen LogP contribution in [0.25, 0.3) is 5.65 Å². The molecule has 0 aliphatic carbocycles. The molecule has 1 amide bonds. The quantitative estimate of drug-likeness (QED) is 0.917. The molecule has 1 fully saturated rings. The van der Waals surface area contributed by atoms with E-state index in [9.17, 15) is 4.79 Å². The summed E-state index contributed by atoms with van der Waals surface area (Å²) in [4.78, 5) is 18.4. The van der Waals surface area contributed by atoms with E-state index in [0.717, 1.165) is 36.1 Å². The number of carbonyl (C=O) groups excluding carboxylic acids is 1. The van der Waals surface area contributed by atoms with Gasteiger partial charge in [0, 0.05) is 32.3 Å². The highest BCUT2D eigenvalue weighted by Crippen LogP contribution is 2.16. The molecule has 1 aliphatic rings. The number of rotatable bonds is 4. The van der Waals surface area contributed by atoms with Gasteiger partial charge in [-0.1, -0.05) is 0 Å². The summed E-state index contributed by atoms with van der Waals surface area (Å²) < 4.78 is 2.61. The van der Waals surface area contributed by atoms with E-state index in [1.807, 2.05) is 23.2 Å². The van der Waals surface area contributed by atoms with Gasteiger partial charge in [-0.3, -0.25) is 4.79 Å². The fraction of sp³-hybridized carbons (Fsp3) is 0.500. The van der Waals surface area contributed by atoms with Gasteiger partial charge in [0.1, 0.15) is 0 Å². The molecular weight excluding hydrogens is 334 g/mol. The van der Waals surface area contributed by atoms with Gasteiger partial charge >= 0.3 is 0 Å². The van der Waals surface area contributed by atoms with Crippen LogP contribution >= 0.6 is 15.9 Å². The van der Waals surface area contributed by atoms with Crippen molar-refractivity contribution in [3.63, 3.8) is 0 Å². The molecule has 3 heterocycles. The van der Waals surface area contributed by atoms with Gasteiger partial charge in [-0.25, -0.2) is 4.52 Å². The number of aromatic nitrogens is 3. The van der Waals surface area contributed by atoms with E-state index in [1.54, 1.807) is 4.52 Å². The van der Waals surface area contributed by atoms with Crippen molar-refractivity contribution in [3.05, 3.63) is 22.8 Å². The Kier molecular flexibility index (Phi) is 4.38. The van der Waals surface area contributed by atoms with Crippen molar-refractivity contribution in [1.82, 2.24) is 19.5 Å². The van der Waals surface area contributed by atoms with Crippen molar-refractivity contribution in [2.75, 3.05) is 25.0 Å². The molecule has 0 unspecified atom stereocenters. The molecular formula is C14H18BrN5O. The molecule has 0 spiro atoms. The number of carbonyl (C=O) groups is 1. The summed E-state index contributed by atoms with van der Waals surface area (Å²) in [5.74, 6) is 0.764. The monoisotopic (exact) mass is 351 g/mol. The lowest BCUT2D eigenvalue weighted by Gasteiger charge is -2.26. The highest BCUT2D eigenvalue weighted by Gasteiger charge is 2.16. The highest BCUT2D eigenvalue weighted by molar-refractivity contribution is 9.10. The summed E-state index contributed by atoms with van der Waals surface area (Å²) in [5.41, 5.74) is 0.766. The van der Waals surface area contributed by atoms with E-state index in [2.05, 4.69) is 31.3 Å². The van der Waals surface area contributed by atoms with Crippen molar-refractivity contribution in [2.45, 2.75) is 25.7 Å². The lowest BCUT2D eigenvalue weighted by molar-refractivity contribution is -0.131. The van der Waals surface area contributed by atoms with Gasteiger partial charge in [-0.05, 0) is 47.3 Å². The Morgan fingerprint density at radius 3 is 2.90 bits per heavy atom. The number of pyridine rings is 1. The van der Waals surface area contributed by atoms with E-state index in [-0.39, 0.29) is 5.91 Å². The maximum atomic E-state index is 12.0. The lowest BCUT2D eigenvalue weighted by Crippen LogP contribution is -2.36. The second-order valence-electron chi connectivity index (χ2n) is 5.18. The Morgan fingerprint density at radius 1 is 1.33 bits per heavy atom. The van der Waals surface area contributed by atoms with E-state index < -0.39 is 0 Å². The van der Waals surface area contributed by atoms with E-state index >= 15 is 0 Å². The lowest BCUT2D eigenvalue weighted by atomic mass is 10.1. The van der Waals surface area contributed by atoms with Gasteiger partial charge in [-0.15, -0.1) is 5.10 Å². The molecule has 1 aliphatic heterocycles. The van der Waals surface area contributed by atoms with E-state index in [0.29, 0.717) is 18.9 Å². The first kappa shape index (κ1) is 14.3. The normalized spacial score (nSPS) is 15.4. The molecule has 21 heavy (non-hydrogen) atoms. The first-order valence-electron chi connectivity index (χ1n) is 7.26. The molecule has 112 valence electrons. The molecule has 1 saturated heterocycles. The number of nitrogens with zero attached hydrogens (tertiary/aromatic N) is 4. The minimum absolute atomic E-state index is 0.215. The Labute approximate surface area is 131 Å². The second-order valence-corrected chi connectivity index (χ2v) is 6.03. The molecule has 0 atom stereocenters. The number of piperidine rings is 1. The van der Waals surface area contributed by atoms with Gasteiger partial charge in [-0.2, -0.15) is 4.98 Å². The first-order valence-corrected chi connectivity index (χ1v) is 8.06. The summed E-state index contributed by atoms with van der Waals surface area (Å²) in [6.07, 6.45) is 5.82. The average Bonchev–Trinajstić information content (AvgIpc) is 2.92. The number of hydrogen-bond donors (Lipinski definition) is 1. The standard InChI is InChI=1S/C14H18BrN5O/c15-11-5-4-10-20-13(11)17-14(18-20)16-7-6-12(21)19-8-2-1-3-9-19/h4-5,10H,1-3,6-9H2,(H,16,18). The third kappa shape index (κ3) is 3.34. The smallest absolute Gasteiger partial charge is 0.243 e. The highest BCUT2D eigenvalue weighted by atomic mass is 79.9. The molecule has 6 nitrogen and oxygen atoms in total. The summed E-state index contributed by atoms with van der Waals surface area (Å²) >= 11 is 3.44. The number of amides is 1. The Bertz CT molecular complexity index is 635. The van der Waals surface area contributed by atoms with E-state index in [4.69, 9.17) is 0 Å². The summed E-state index contributed by atoms with van der Waals surface area (Å²) in [6.45, 7) is 2.36. The summed E-state index contributed by atoms with van der Waals surface area (Å²) in [6, 6.07) is 3.82. The van der Waals surface area contributed by atoms with Crippen molar-refractivity contribution in [1.29, 1.82) is 0 Å². The van der Waals surface area contributed by atoms with Gasteiger partial charge in [0.2, 0.25) is 11.9 Å². The van der Waals surface area contributed by atoms with Gasteiger partial charge in [0.15, 0.2) is 5.65 Å². The van der Waals surface area contributed by atoms with Crippen LogP contribution in [0.4, 0.5) is 5.95 Å². The molecule has 3 rings (SSSR count). The molecule has 2 aromatic rings. The van der Waals surface area contributed by atoms with Crippen LogP contribution in [0, 0.1) is 0 Å². The number of nitrogens with one attached hydrogen (secondary N) is 1. The third-order valence-corrected chi connectivity index (χ3v) is 4.26. The summed E-state index contributed by atoms with van der Waals surface area (Å²) in [7, 11) is 0. The Hall–Kier alpha value is -1.63. The number of hydrogen-bond acceptors (Lipinski definition) is 4. The second kappa shape index (κ2) is 6.43. The van der Waals surface area contributed by atoms with Gasteiger partial charge < -0.3 is 10.2 Å². The largest absolute Gasteiger partial charge is 0.352 e. The predicted molar refractivity (Wildman–Crippen MR) is 84.2 cm³/mol. The van der Waals surface area contributed by atoms with Crippen LogP contribution in [0.1, 0.15) is 25.7 Å².